The van der Waals surface area contributed by atoms with Gasteiger partial charge in [0.05, 0.1) is 0 Å². The van der Waals surface area contributed by atoms with Crippen LogP contribution in [0, 0.1) is 5.92 Å². The minimum atomic E-state index is 0.386. The molecule has 0 aromatic heterocycles. The normalized spacial score (nSPS) is 21.7. The molecule has 0 amide bonds. The summed E-state index contributed by atoms with van der Waals surface area (Å²) in [6, 6.07) is 0. The van der Waals surface area contributed by atoms with Gasteiger partial charge in [-0.1, -0.05) is 59.8 Å². The van der Waals surface area contributed by atoms with Crippen molar-refractivity contribution >= 4 is 0 Å². The lowest BCUT2D eigenvalue weighted by atomic mass is 9.74. The van der Waals surface area contributed by atoms with E-state index in [-0.39, 0.29) is 0 Å². The van der Waals surface area contributed by atoms with Crippen molar-refractivity contribution in [3.8, 4) is 0 Å². The summed E-state index contributed by atoms with van der Waals surface area (Å²) in [5.41, 5.74) is 0.772. The average molecular weight is 298 g/mol. The van der Waals surface area contributed by atoms with E-state index in [4.69, 9.17) is 0 Å². The number of rotatable bonds is 6. The van der Waals surface area contributed by atoms with Gasteiger partial charge in [-0.3, -0.25) is 4.90 Å². The van der Waals surface area contributed by atoms with Crippen molar-refractivity contribution in [3.05, 3.63) is 0 Å². The van der Waals surface area contributed by atoms with Crippen LogP contribution >= 0.6 is 0 Å². The highest BCUT2D eigenvalue weighted by molar-refractivity contribution is 4.98. The number of unbranched alkanes of at least 4 members (excludes halogenated alkanes) is 4. The Balaban J connectivity index is 0.000000486. The van der Waals surface area contributed by atoms with Crippen LogP contribution in [0.1, 0.15) is 107 Å². The molecule has 0 saturated carbocycles. The van der Waals surface area contributed by atoms with Gasteiger partial charge in [0.25, 0.3) is 0 Å². The van der Waals surface area contributed by atoms with E-state index in [1.165, 1.54) is 57.9 Å². The molecule has 1 aliphatic rings. The monoisotopic (exact) mass is 297 g/mol. The number of hydrogen-bond donors (Lipinski definition) is 0. The fourth-order valence-corrected chi connectivity index (χ4v) is 4.32. The van der Waals surface area contributed by atoms with E-state index in [2.05, 4.69) is 60.3 Å². The molecular formula is C20H43N. The highest BCUT2D eigenvalue weighted by Crippen LogP contribution is 2.40. The first-order valence-electron chi connectivity index (χ1n) is 9.49. The van der Waals surface area contributed by atoms with Crippen LogP contribution < -0.4 is 0 Å². The van der Waals surface area contributed by atoms with Crippen LogP contribution in [0.3, 0.4) is 0 Å². The maximum atomic E-state index is 2.71. The molecule has 0 N–H and O–H groups in total. The zero-order valence-electron chi connectivity index (χ0n) is 16.4. The fraction of sp³-hybridized carbons (Fsp3) is 1.00. The molecule has 0 aromatic carbocycles. The van der Waals surface area contributed by atoms with E-state index in [0.717, 1.165) is 5.92 Å². The molecule has 0 bridgehead atoms. The molecule has 1 saturated heterocycles. The standard InChI is InChI=1S/C13H27N.C7H16/c1-7-8-14-12(3,4)9-11(2)10-13(14,5)6;1-3-5-7-6-4-2/h11H,7-10H2,1-6H3;3-7H2,1-2H3. The lowest BCUT2D eigenvalue weighted by Crippen LogP contribution is -2.60. The average Bonchev–Trinajstić information content (AvgIpc) is 2.34. The number of likely N-dealkylation sites (tertiary alicyclic amines) is 1. The van der Waals surface area contributed by atoms with Crippen molar-refractivity contribution in [2.24, 2.45) is 5.92 Å². The Bertz CT molecular complexity index is 233. The lowest BCUT2D eigenvalue weighted by molar-refractivity contribution is -0.0473. The molecule has 1 heteroatoms. The third-order valence-corrected chi connectivity index (χ3v) is 4.81. The highest BCUT2D eigenvalue weighted by atomic mass is 15.3. The van der Waals surface area contributed by atoms with Gasteiger partial charge < -0.3 is 0 Å². The van der Waals surface area contributed by atoms with Gasteiger partial charge in [-0.05, 0) is 59.4 Å². The third kappa shape index (κ3) is 7.68. The van der Waals surface area contributed by atoms with Crippen molar-refractivity contribution in [2.75, 3.05) is 6.54 Å². The Morgan fingerprint density at radius 2 is 1.19 bits per heavy atom. The lowest BCUT2D eigenvalue weighted by Gasteiger charge is -2.55. The topological polar surface area (TPSA) is 3.24 Å². The summed E-state index contributed by atoms with van der Waals surface area (Å²) in [5.74, 6) is 0.869. The van der Waals surface area contributed by atoms with Crippen molar-refractivity contribution in [3.63, 3.8) is 0 Å². The first kappa shape index (κ1) is 21.0. The van der Waals surface area contributed by atoms with E-state index in [9.17, 15) is 0 Å². The Labute approximate surface area is 135 Å². The number of nitrogens with zero attached hydrogens (tertiary/aromatic N) is 1. The van der Waals surface area contributed by atoms with Gasteiger partial charge in [-0.25, -0.2) is 0 Å². The van der Waals surface area contributed by atoms with E-state index in [0.29, 0.717) is 11.1 Å². The molecule has 1 nitrogen and oxygen atoms in total. The largest absolute Gasteiger partial charge is 0.293 e. The quantitative estimate of drug-likeness (QED) is 0.495. The maximum absolute atomic E-state index is 2.71. The van der Waals surface area contributed by atoms with Crippen LogP contribution in [0.25, 0.3) is 0 Å². The zero-order valence-corrected chi connectivity index (χ0v) is 16.4. The molecule has 0 spiro atoms. The van der Waals surface area contributed by atoms with Gasteiger partial charge in [0.1, 0.15) is 0 Å². The summed E-state index contributed by atoms with van der Waals surface area (Å²) in [6.45, 7) is 20.0. The van der Waals surface area contributed by atoms with E-state index in [1.54, 1.807) is 0 Å². The summed E-state index contributed by atoms with van der Waals surface area (Å²) >= 11 is 0. The minimum Gasteiger partial charge on any atom is -0.293 e. The summed E-state index contributed by atoms with van der Waals surface area (Å²) in [4.78, 5) is 2.71. The predicted molar refractivity (Wildman–Crippen MR) is 98.0 cm³/mol. The molecule has 21 heavy (non-hydrogen) atoms. The van der Waals surface area contributed by atoms with Gasteiger partial charge in [0.2, 0.25) is 0 Å². The summed E-state index contributed by atoms with van der Waals surface area (Å²) in [5, 5.41) is 0. The molecule has 0 aliphatic carbocycles. The number of piperidine rings is 1. The number of hydrogen-bond acceptors (Lipinski definition) is 1. The molecule has 0 unspecified atom stereocenters. The maximum Gasteiger partial charge on any atom is 0.0161 e. The van der Waals surface area contributed by atoms with Crippen LogP contribution in [-0.2, 0) is 0 Å². The molecule has 1 rings (SSSR count). The summed E-state index contributed by atoms with van der Waals surface area (Å²) in [6.07, 6.45) is 11.0. The van der Waals surface area contributed by atoms with Crippen LogP contribution in [-0.4, -0.2) is 22.5 Å². The van der Waals surface area contributed by atoms with Gasteiger partial charge >= 0.3 is 0 Å². The Morgan fingerprint density at radius 3 is 1.52 bits per heavy atom. The van der Waals surface area contributed by atoms with Gasteiger partial charge in [-0.15, -0.1) is 0 Å². The van der Waals surface area contributed by atoms with Crippen LogP contribution in [0.15, 0.2) is 0 Å². The molecule has 1 aliphatic heterocycles. The molecular weight excluding hydrogens is 254 g/mol. The first-order valence-corrected chi connectivity index (χ1v) is 9.49. The van der Waals surface area contributed by atoms with E-state index in [1.807, 2.05) is 0 Å². The molecule has 0 radical (unpaired) electrons. The van der Waals surface area contributed by atoms with E-state index < -0.39 is 0 Å². The molecule has 1 heterocycles. The van der Waals surface area contributed by atoms with Crippen LogP contribution in [0.2, 0.25) is 0 Å². The summed E-state index contributed by atoms with van der Waals surface area (Å²) < 4.78 is 0. The van der Waals surface area contributed by atoms with Gasteiger partial charge in [0.15, 0.2) is 0 Å². The summed E-state index contributed by atoms with van der Waals surface area (Å²) in [7, 11) is 0. The van der Waals surface area contributed by atoms with Crippen molar-refractivity contribution in [1.29, 1.82) is 0 Å². The van der Waals surface area contributed by atoms with Gasteiger partial charge in [0, 0.05) is 11.1 Å². The second-order valence-corrected chi connectivity index (χ2v) is 8.35. The first-order chi connectivity index (χ1) is 9.71. The van der Waals surface area contributed by atoms with Crippen LogP contribution in [0.5, 0.6) is 0 Å². The Morgan fingerprint density at radius 1 is 0.762 bits per heavy atom. The second kappa shape index (κ2) is 9.87. The van der Waals surface area contributed by atoms with Crippen molar-refractivity contribution < 1.29 is 0 Å². The fourth-order valence-electron chi connectivity index (χ4n) is 4.32. The minimum absolute atomic E-state index is 0.386. The molecule has 0 aromatic rings. The molecule has 128 valence electrons. The predicted octanol–water partition coefficient (Wildman–Crippen LogP) is 6.66. The third-order valence-electron chi connectivity index (χ3n) is 4.81. The highest BCUT2D eigenvalue weighted by Gasteiger charge is 2.42. The van der Waals surface area contributed by atoms with Gasteiger partial charge in [-0.2, -0.15) is 0 Å². The Hall–Kier alpha value is -0.0400. The zero-order chi connectivity index (χ0) is 16.5. The SMILES string of the molecule is CCCCCCC.CCCN1C(C)(C)CC(C)CC1(C)C. The van der Waals surface area contributed by atoms with Crippen LogP contribution in [0.4, 0.5) is 0 Å². The molecule has 1 fully saturated rings. The Kier molecular flexibility index (Phi) is 9.85. The molecule has 0 atom stereocenters. The smallest absolute Gasteiger partial charge is 0.0161 e. The van der Waals surface area contributed by atoms with Crippen molar-refractivity contribution in [1.82, 2.24) is 4.90 Å². The second-order valence-electron chi connectivity index (χ2n) is 8.35. The van der Waals surface area contributed by atoms with Crippen molar-refractivity contribution in [2.45, 2.75) is 118 Å². The van der Waals surface area contributed by atoms with E-state index >= 15 is 0 Å².